The molecule has 278 valence electrons. The van der Waals surface area contributed by atoms with Crippen molar-refractivity contribution in [1.82, 2.24) is 9.80 Å². The van der Waals surface area contributed by atoms with E-state index in [1.807, 2.05) is 0 Å². The van der Waals surface area contributed by atoms with Gasteiger partial charge in [0.1, 0.15) is 13.2 Å². The van der Waals surface area contributed by atoms with Gasteiger partial charge >= 0.3 is 11.9 Å². The highest BCUT2D eigenvalue weighted by atomic mass is 16.7. The Kier molecular flexibility index (Phi) is 11.5. The van der Waals surface area contributed by atoms with Crippen molar-refractivity contribution < 1.29 is 38.0 Å². The van der Waals surface area contributed by atoms with Gasteiger partial charge in [-0.3, -0.25) is 19.4 Å². The van der Waals surface area contributed by atoms with Crippen molar-refractivity contribution in [2.75, 3.05) is 53.7 Å². The molecule has 0 aliphatic carbocycles. The second-order valence-electron chi connectivity index (χ2n) is 18.3. The number of piperidine rings is 2. The molecule has 0 saturated carbocycles. The molecule has 4 fully saturated rings. The number of likely N-dealkylation sites (tertiary alicyclic amines) is 2. The molecule has 0 atom stereocenters. The van der Waals surface area contributed by atoms with Crippen molar-refractivity contribution in [1.29, 1.82) is 0 Å². The van der Waals surface area contributed by atoms with Gasteiger partial charge in [0.05, 0.1) is 37.3 Å². The molecule has 10 heteroatoms. The molecule has 10 nitrogen and oxygen atoms in total. The molecule has 0 amide bonds. The van der Waals surface area contributed by atoms with Crippen LogP contribution in [0.4, 0.5) is 0 Å². The minimum absolute atomic E-state index is 0.0615. The zero-order valence-electron chi connectivity index (χ0n) is 32.5. The molecule has 0 aromatic rings. The van der Waals surface area contributed by atoms with Gasteiger partial charge in [-0.2, -0.15) is 0 Å². The highest BCUT2D eigenvalue weighted by Crippen LogP contribution is 2.50. The molecule has 0 aromatic heterocycles. The third-order valence-electron chi connectivity index (χ3n) is 12.6. The predicted octanol–water partition coefficient (Wildman–Crippen LogP) is 6.48. The summed E-state index contributed by atoms with van der Waals surface area (Å²) < 4.78 is 37.5. The van der Waals surface area contributed by atoms with Crippen LogP contribution in [0.15, 0.2) is 0 Å². The number of unbranched alkanes of at least 4 members (excludes halogenated alkanes) is 1. The number of esters is 2. The first-order valence-electron chi connectivity index (χ1n) is 18.4. The third-order valence-corrected chi connectivity index (χ3v) is 12.6. The van der Waals surface area contributed by atoms with E-state index in [2.05, 4.69) is 93.1 Å². The summed E-state index contributed by atoms with van der Waals surface area (Å²) in [6.07, 6.45) is 6.39. The van der Waals surface area contributed by atoms with Gasteiger partial charge in [-0.25, -0.2) is 0 Å². The Balaban J connectivity index is 1.15. The summed E-state index contributed by atoms with van der Waals surface area (Å²) in [5.74, 6) is -1.75. The van der Waals surface area contributed by atoms with E-state index in [1.165, 1.54) is 0 Å². The van der Waals surface area contributed by atoms with Crippen LogP contribution in [-0.4, -0.2) is 109 Å². The topological polar surface area (TPSA) is 96.0 Å². The number of carbonyl (C=O) groups excluding carboxylic acids is 2. The molecule has 0 bridgehead atoms. The fourth-order valence-electron chi connectivity index (χ4n) is 8.52. The zero-order chi connectivity index (χ0) is 35.9. The van der Waals surface area contributed by atoms with E-state index in [-0.39, 0.29) is 71.0 Å². The molecule has 2 spiro atoms. The molecular formula is C38H68N2O8. The van der Waals surface area contributed by atoms with E-state index in [4.69, 9.17) is 28.4 Å². The Morgan fingerprint density at radius 2 is 0.812 bits per heavy atom. The van der Waals surface area contributed by atoms with Gasteiger partial charge in [-0.05, 0) is 95.2 Å². The first kappa shape index (κ1) is 39.5. The van der Waals surface area contributed by atoms with Gasteiger partial charge < -0.3 is 28.4 Å². The molecule has 0 aromatic carbocycles. The standard InChI is InChI=1S/C38H68N2O8/c1-13-35(25-45-37(46-26-35)19-31(3,4)39(11)32(5,6)20-37)23-43-29(41)17-15-16-18-30(42)44-24-36(14-2)27-47-38(48-28-36)21-33(7,8)40(12)34(9,10)22-38/h13-28H2,1-12H3. The maximum absolute atomic E-state index is 12.7. The summed E-state index contributed by atoms with van der Waals surface area (Å²) in [4.78, 5) is 30.2. The van der Waals surface area contributed by atoms with E-state index >= 15 is 0 Å². The Hall–Kier alpha value is -1.30. The van der Waals surface area contributed by atoms with Crippen LogP contribution in [0.3, 0.4) is 0 Å². The molecule has 4 aliphatic heterocycles. The van der Waals surface area contributed by atoms with Crippen LogP contribution in [0.1, 0.15) is 133 Å². The van der Waals surface area contributed by atoms with Crippen molar-refractivity contribution in [3.8, 4) is 0 Å². The molecule has 4 saturated heterocycles. The van der Waals surface area contributed by atoms with E-state index in [0.29, 0.717) is 39.3 Å². The monoisotopic (exact) mass is 680 g/mol. The van der Waals surface area contributed by atoms with Crippen molar-refractivity contribution in [2.45, 2.75) is 167 Å². The van der Waals surface area contributed by atoms with Crippen LogP contribution >= 0.6 is 0 Å². The lowest BCUT2D eigenvalue weighted by molar-refractivity contribution is -0.344. The first-order valence-corrected chi connectivity index (χ1v) is 18.4. The molecule has 48 heavy (non-hydrogen) atoms. The van der Waals surface area contributed by atoms with E-state index in [9.17, 15) is 9.59 Å². The Bertz CT molecular complexity index is 1000. The summed E-state index contributed by atoms with van der Waals surface area (Å²) in [5.41, 5.74) is -0.961. The second kappa shape index (κ2) is 14.0. The zero-order valence-corrected chi connectivity index (χ0v) is 32.5. The third kappa shape index (κ3) is 8.59. The molecule has 0 unspecified atom stereocenters. The predicted molar refractivity (Wildman–Crippen MR) is 185 cm³/mol. The molecule has 4 heterocycles. The molecular weight excluding hydrogens is 612 g/mol. The summed E-state index contributed by atoms with van der Waals surface area (Å²) >= 11 is 0. The highest BCUT2D eigenvalue weighted by Gasteiger charge is 2.57. The number of hydrogen-bond acceptors (Lipinski definition) is 10. The summed E-state index contributed by atoms with van der Waals surface area (Å²) in [6, 6.07) is 0. The summed E-state index contributed by atoms with van der Waals surface area (Å²) in [5, 5.41) is 0. The van der Waals surface area contributed by atoms with Crippen LogP contribution in [0.2, 0.25) is 0 Å². The fourth-order valence-corrected chi connectivity index (χ4v) is 8.52. The van der Waals surface area contributed by atoms with Crippen LogP contribution in [-0.2, 0) is 38.0 Å². The smallest absolute Gasteiger partial charge is 0.305 e. The number of hydrogen-bond donors (Lipinski definition) is 0. The first-order chi connectivity index (χ1) is 22.1. The lowest BCUT2D eigenvalue weighted by Gasteiger charge is -2.59. The molecule has 4 rings (SSSR count). The largest absolute Gasteiger partial charge is 0.465 e. The van der Waals surface area contributed by atoms with E-state index in [1.54, 1.807) is 0 Å². The van der Waals surface area contributed by atoms with Crippen molar-refractivity contribution in [3.05, 3.63) is 0 Å². The van der Waals surface area contributed by atoms with Gasteiger partial charge in [0.15, 0.2) is 11.6 Å². The van der Waals surface area contributed by atoms with Gasteiger partial charge in [0.2, 0.25) is 0 Å². The average molecular weight is 681 g/mol. The van der Waals surface area contributed by atoms with Gasteiger partial charge in [-0.15, -0.1) is 0 Å². The van der Waals surface area contributed by atoms with E-state index < -0.39 is 11.6 Å². The van der Waals surface area contributed by atoms with Crippen molar-refractivity contribution in [2.24, 2.45) is 10.8 Å². The normalized spacial score (nSPS) is 28.2. The lowest BCUT2D eigenvalue weighted by Crippen LogP contribution is -2.67. The maximum atomic E-state index is 12.7. The molecule has 0 N–H and O–H groups in total. The van der Waals surface area contributed by atoms with Crippen molar-refractivity contribution >= 4 is 11.9 Å². The highest BCUT2D eigenvalue weighted by molar-refractivity contribution is 5.70. The quantitative estimate of drug-likeness (QED) is 0.178. The summed E-state index contributed by atoms with van der Waals surface area (Å²) in [7, 11) is 4.34. The van der Waals surface area contributed by atoms with Crippen molar-refractivity contribution in [3.63, 3.8) is 0 Å². The number of carbonyl (C=O) groups is 2. The SMILES string of the molecule is CCC1(COC(=O)CCCCC(=O)OCC2(CC)COC3(CC(C)(C)N(C)C(C)(C)C3)OC2)COC2(CC(C)(C)N(C)C(C)(C)C2)OC1. The average Bonchev–Trinajstić information content (AvgIpc) is 3.00. The van der Waals surface area contributed by atoms with Gasteiger partial charge in [0.25, 0.3) is 0 Å². The fraction of sp³-hybridized carbons (Fsp3) is 0.947. The van der Waals surface area contributed by atoms with E-state index in [0.717, 1.165) is 38.5 Å². The minimum Gasteiger partial charge on any atom is -0.465 e. The second-order valence-corrected chi connectivity index (χ2v) is 18.3. The Morgan fingerprint density at radius 1 is 0.542 bits per heavy atom. The molecule has 0 radical (unpaired) electrons. The number of nitrogens with zero attached hydrogens (tertiary/aromatic N) is 2. The summed E-state index contributed by atoms with van der Waals surface area (Å²) in [6.45, 7) is 24.6. The van der Waals surface area contributed by atoms with Gasteiger partial charge in [-0.1, -0.05) is 13.8 Å². The van der Waals surface area contributed by atoms with Crippen LogP contribution < -0.4 is 0 Å². The number of ether oxygens (including phenoxy) is 6. The van der Waals surface area contributed by atoms with Crippen LogP contribution in [0.5, 0.6) is 0 Å². The Morgan fingerprint density at radius 3 is 1.06 bits per heavy atom. The minimum atomic E-state index is -0.617. The van der Waals surface area contributed by atoms with Crippen LogP contribution in [0.25, 0.3) is 0 Å². The number of rotatable bonds is 11. The Labute approximate surface area is 291 Å². The molecule has 4 aliphatic rings. The lowest BCUT2D eigenvalue weighted by atomic mass is 9.75. The van der Waals surface area contributed by atoms with Crippen LogP contribution in [0, 0.1) is 10.8 Å². The van der Waals surface area contributed by atoms with Gasteiger partial charge in [0, 0.05) is 60.7 Å². The maximum Gasteiger partial charge on any atom is 0.305 e.